The van der Waals surface area contributed by atoms with E-state index in [1.165, 1.54) is 16.9 Å². The van der Waals surface area contributed by atoms with Crippen LogP contribution in [0.2, 0.25) is 10.0 Å². The molecular weight excluding hydrogens is 545 g/mol. The van der Waals surface area contributed by atoms with Crippen molar-refractivity contribution in [3.8, 4) is 11.3 Å². The van der Waals surface area contributed by atoms with Gasteiger partial charge < -0.3 is 19.7 Å². The van der Waals surface area contributed by atoms with Crippen molar-refractivity contribution in [2.24, 2.45) is 0 Å². The average molecular weight is 570 g/mol. The van der Waals surface area contributed by atoms with E-state index in [1.54, 1.807) is 30.3 Å². The van der Waals surface area contributed by atoms with Gasteiger partial charge in [-0.25, -0.2) is 9.78 Å². The van der Waals surface area contributed by atoms with Gasteiger partial charge in [-0.05, 0) is 68.0 Å². The molecule has 4 aromatic rings. The van der Waals surface area contributed by atoms with Crippen LogP contribution in [0, 0.1) is 0 Å². The van der Waals surface area contributed by atoms with Crippen LogP contribution in [-0.2, 0) is 11.3 Å². The summed E-state index contributed by atoms with van der Waals surface area (Å²) in [5, 5.41) is 18.7. The molecule has 0 radical (unpaired) electrons. The zero-order chi connectivity index (χ0) is 26.2. The summed E-state index contributed by atoms with van der Waals surface area (Å²) in [4.78, 5) is 15.9. The fraction of sp³-hybridized carbons (Fsp3) is 0.321. The molecule has 2 N–H and O–H groups in total. The number of fused-ring (bicyclic) bond motifs is 1. The number of carboxylic acids is 1. The molecule has 10 heteroatoms. The normalized spacial score (nSPS) is 18.8. The Kier molecular flexibility index (Phi) is 7.14. The van der Waals surface area contributed by atoms with Crippen LogP contribution >= 0.6 is 34.5 Å². The molecule has 2 heterocycles. The standard InChI is InChI=1S/C28H25Cl2N3O4S/c29-19-5-3-6-20(30)24(19)25-18(26(37-33-25)15-8-9-15)14-36-22-7-2-1-4-17(22)13-31-28-32-21-11-10-16(27(34)35)12-23(21)38-28/h3,5-6,10-13,15,22H,1-2,4,7-9,14H2,(H,31,32)(H,34,35)/b17-13+. The summed E-state index contributed by atoms with van der Waals surface area (Å²) >= 11 is 14.4. The third-order valence-electron chi connectivity index (χ3n) is 7.01. The van der Waals surface area contributed by atoms with Crippen molar-refractivity contribution in [1.29, 1.82) is 0 Å². The number of hydrogen-bond donors (Lipinski definition) is 2. The van der Waals surface area contributed by atoms with Gasteiger partial charge in [-0.15, -0.1) is 0 Å². The van der Waals surface area contributed by atoms with E-state index in [1.807, 2.05) is 12.3 Å². The van der Waals surface area contributed by atoms with Crippen LogP contribution in [0.25, 0.3) is 21.5 Å². The van der Waals surface area contributed by atoms with Crippen molar-refractivity contribution in [2.45, 2.75) is 57.2 Å². The fourth-order valence-electron chi connectivity index (χ4n) is 4.87. The van der Waals surface area contributed by atoms with Crippen LogP contribution in [0.15, 0.2) is 52.7 Å². The summed E-state index contributed by atoms with van der Waals surface area (Å²) in [6, 6.07) is 10.4. The van der Waals surface area contributed by atoms with Crippen molar-refractivity contribution < 1.29 is 19.2 Å². The monoisotopic (exact) mass is 569 g/mol. The number of benzene rings is 2. The van der Waals surface area contributed by atoms with E-state index in [0.717, 1.165) is 60.1 Å². The van der Waals surface area contributed by atoms with Crippen molar-refractivity contribution in [1.82, 2.24) is 10.1 Å². The van der Waals surface area contributed by atoms with Crippen LogP contribution in [0.4, 0.5) is 5.13 Å². The number of ether oxygens (including phenoxy) is 1. The minimum Gasteiger partial charge on any atom is -0.478 e. The first-order valence-electron chi connectivity index (χ1n) is 12.6. The summed E-state index contributed by atoms with van der Waals surface area (Å²) in [5.74, 6) is 0.280. The van der Waals surface area contributed by atoms with Gasteiger partial charge in [0.15, 0.2) is 5.13 Å². The van der Waals surface area contributed by atoms with Gasteiger partial charge in [0.05, 0.1) is 38.5 Å². The van der Waals surface area contributed by atoms with Gasteiger partial charge in [0.25, 0.3) is 0 Å². The number of rotatable bonds is 8. The molecule has 2 aliphatic carbocycles. The maximum Gasteiger partial charge on any atom is 0.335 e. The number of carbonyl (C=O) groups is 1. The molecule has 2 saturated carbocycles. The number of aromatic carboxylic acids is 1. The molecule has 0 amide bonds. The molecule has 38 heavy (non-hydrogen) atoms. The molecule has 2 aromatic carbocycles. The zero-order valence-corrected chi connectivity index (χ0v) is 22.7. The van der Waals surface area contributed by atoms with E-state index in [0.29, 0.717) is 39.0 Å². The van der Waals surface area contributed by atoms with Crippen molar-refractivity contribution in [3.63, 3.8) is 0 Å². The molecule has 1 atom stereocenters. The van der Waals surface area contributed by atoms with Crippen molar-refractivity contribution >= 4 is 55.9 Å². The molecule has 2 aliphatic rings. The first kappa shape index (κ1) is 25.4. The van der Waals surface area contributed by atoms with Gasteiger partial charge in [0, 0.05) is 23.2 Å². The number of carboxylic acid groups (broad SMARTS) is 1. The smallest absolute Gasteiger partial charge is 0.335 e. The number of hydrogen-bond acceptors (Lipinski definition) is 7. The van der Waals surface area contributed by atoms with Crippen LogP contribution in [0.1, 0.15) is 66.1 Å². The second-order valence-electron chi connectivity index (χ2n) is 9.66. The Hall–Kier alpha value is -2.91. The highest BCUT2D eigenvalue weighted by molar-refractivity contribution is 7.22. The largest absolute Gasteiger partial charge is 0.478 e. The lowest BCUT2D eigenvalue weighted by atomic mass is 9.92. The fourth-order valence-corrected chi connectivity index (χ4v) is 6.32. The molecule has 2 aromatic heterocycles. The topological polar surface area (TPSA) is 97.5 Å². The van der Waals surface area contributed by atoms with E-state index in [9.17, 15) is 9.90 Å². The van der Waals surface area contributed by atoms with Gasteiger partial charge in [-0.2, -0.15) is 0 Å². The lowest BCUT2D eigenvalue weighted by molar-refractivity contribution is 0.0476. The molecule has 0 aliphatic heterocycles. The molecule has 0 saturated heterocycles. The minimum absolute atomic E-state index is 0.0549. The molecule has 0 spiro atoms. The van der Waals surface area contributed by atoms with E-state index in [4.69, 9.17) is 32.5 Å². The van der Waals surface area contributed by atoms with E-state index < -0.39 is 5.97 Å². The Bertz CT molecular complexity index is 1520. The number of thiazole rings is 1. The molecule has 7 nitrogen and oxygen atoms in total. The predicted octanol–water partition coefficient (Wildman–Crippen LogP) is 8.29. The SMILES string of the molecule is O=C(O)c1ccc2nc(N/C=C3\CCCCC3OCc3c(-c4c(Cl)cccc4Cl)noc3C3CC3)sc2c1. The zero-order valence-electron chi connectivity index (χ0n) is 20.4. The first-order valence-corrected chi connectivity index (χ1v) is 14.2. The van der Waals surface area contributed by atoms with E-state index in [2.05, 4.69) is 15.5 Å². The van der Waals surface area contributed by atoms with Gasteiger partial charge >= 0.3 is 5.97 Å². The molecule has 2 fully saturated rings. The second kappa shape index (κ2) is 10.7. The number of nitrogens with zero attached hydrogens (tertiary/aromatic N) is 2. The lowest BCUT2D eigenvalue weighted by Crippen LogP contribution is -2.21. The minimum atomic E-state index is -0.947. The highest BCUT2D eigenvalue weighted by Crippen LogP contribution is 2.46. The van der Waals surface area contributed by atoms with Gasteiger partial charge in [-0.3, -0.25) is 0 Å². The molecule has 196 valence electrons. The van der Waals surface area contributed by atoms with E-state index in [-0.39, 0.29) is 11.7 Å². The molecule has 1 unspecified atom stereocenters. The number of aromatic nitrogens is 2. The Morgan fingerprint density at radius 2 is 2.00 bits per heavy atom. The Morgan fingerprint density at radius 1 is 1.18 bits per heavy atom. The predicted molar refractivity (Wildman–Crippen MR) is 149 cm³/mol. The second-order valence-corrected chi connectivity index (χ2v) is 11.5. The van der Waals surface area contributed by atoms with Gasteiger partial charge in [0.2, 0.25) is 0 Å². The highest BCUT2D eigenvalue weighted by Gasteiger charge is 2.34. The number of anilines is 1. The summed E-state index contributed by atoms with van der Waals surface area (Å²) in [6.45, 7) is 0.354. The van der Waals surface area contributed by atoms with Gasteiger partial charge in [0.1, 0.15) is 11.5 Å². The molecule has 0 bridgehead atoms. The average Bonchev–Trinajstić information content (AvgIpc) is 3.54. The summed E-state index contributed by atoms with van der Waals surface area (Å²) < 4.78 is 13.1. The number of nitrogens with one attached hydrogen (secondary N) is 1. The maximum atomic E-state index is 11.3. The number of halogens is 2. The first-order chi connectivity index (χ1) is 18.5. The Balaban J connectivity index is 1.22. The van der Waals surface area contributed by atoms with Crippen LogP contribution in [0.3, 0.4) is 0 Å². The quantitative estimate of drug-likeness (QED) is 0.220. The van der Waals surface area contributed by atoms with E-state index >= 15 is 0 Å². The van der Waals surface area contributed by atoms with Crippen molar-refractivity contribution in [2.75, 3.05) is 5.32 Å². The third-order valence-corrected chi connectivity index (χ3v) is 8.59. The maximum absolute atomic E-state index is 11.3. The van der Waals surface area contributed by atoms with Crippen LogP contribution in [0.5, 0.6) is 0 Å². The van der Waals surface area contributed by atoms with Gasteiger partial charge in [-0.1, -0.05) is 52.2 Å². The Morgan fingerprint density at radius 3 is 2.76 bits per heavy atom. The lowest BCUT2D eigenvalue weighted by Gasteiger charge is -2.26. The molecule has 6 rings (SSSR count). The van der Waals surface area contributed by atoms with Crippen LogP contribution in [-0.4, -0.2) is 27.3 Å². The third kappa shape index (κ3) is 5.18. The highest BCUT2D eigenvalue weighted by atomic mass is 35.5. The van der Waals surface area contributed by atoms with Crippen molar-refractivity contribution in [3.05, 3.63) is 75.1 Å². The van der Waals surface area contributed by atoms with Crippen LogP contribution < -0.4 is 5.32 Å². The Labute approximate surface area is 233 Å². The summed E-state index contributed by atoms with van der Waals surface area (Å²) in [5.41, 5.74) is 4.43. The summed E-state index contributed by atoms with van der Waals surface area (Å²) in [7, 11) is 0. The molecular formula is C28H25Cl2N3O4S. The summed E-state index contributed by atoms with van der Waals surface area (Å²) in [6.07, 6.45) is 8.11.